The summed E-state index contributed by atoms with van der Waals surface area (Å²) in [6.45, 7) is 7.46. The molecular formula is C21H24N4OS2. The number of carbonyl (C=O) groups excluding carboxylic acids is 1. The lowest BCUT2D eigenvalue weighted by atomic mass is 9.89. The van der Waals surface area contributed by atoms with Crippen LogP contribution in [0.3, 0.4) is 0 Å². The van der Waals surface area contributed by atoms with Crippen LogP contribution in [0.25, 0.3) is 10.2 Å². The SMILES string of the molecule is Cc1nc(N2CCN(C(=O)c3cccs3)CC2)c2c3c(sc2n1)C[C@H](C)CC3. The van der Waals surface area contributed by atoms with Crippen LogP contribution in [0.5, 0.6) is 0 Å². The van der Waals surface area contributed by atoms with Gasteiger partial charge in [-0.2, -0.15) is 0 Å². The molecule has 146 valence electrons. The van der Waals surface area contributed by atoms with E-state index in [1.165, 1.54) is 33.6 Å². The Morgan fingerprint density at radius 2 is 2.04 bits per heavy atom. The van der Waals surface area contributed by atoms with Gasteiger partial charge in [-0.15, -0.1) is 22.7 Å². The summed E-state index contributed by atoms with van der Waals surface area (Å²) in [6.07, 6.45) is 3.54. The van der Waals surface area contributed by atoms with Gasteiger partial charge in [0.1, 0.15) is 16.5 Å². The van der Waals surface area contributed by atoms with Crippen molar-refractivity contribution >= 4 is 44.6 Å². The molecule has 0 saturated carbocycles. The lowest BCUT2D eigenvalue weighted by Crippen LogP contribution is -2.49. The zero-order valence-corrected chi connectivity index (χ0v) is 17.9. The van der Waals surface area contributed by atoms with Crippen molar-refractivity contribution in [1.82, 2.24) is 14.9 Å². The van der Waals surface area contributed by atoms with E-state index in [1.807, 2.05) is 40.7 Å². The topological polar surface area (TPSA) is 49.3 Å². The number of carbonyl (C=O) groups is 1. The van der Waals surface area contributed by atoms with Gasteiger partial charge < -0.3 is 9.80 Å². The molecule has 0 spiro atoms. The molecule has 0 radical (unpaired) electrons. The standard InChI is InChI=1S/C21H24N4OS2/c1-13-5-6-15-17(12-13)28-20-18(15)19(22-14(2)23-20)24-7-9-25(10-8-24)21(26)16-4-3-11-27-16/h3-4,11,13H,5-10,12H2,1-2H3/t13-/m1/s1. The Balaban J connectivity index is 1.43. The van der Waals surface area contributed by atoms with Gasteiger partial charge in [-0.1, -0.05) is 13.0 Å². The number of nitrogens with zero attached hydrogens (tertiary/aromatic N) is 4. The van der Waals surface area contributed by atoms with Crippen LogP contribution < -0.4 is 4.90 Å². The van der Waals surface area contributed by atoms with E-state index < -0.39 is 0 Å². The normalized spacial score (nSPS) is 19.9. The first-order chi connectivity index (χ1) is 13.6. The second-order valence-corrected chi connectivity index (χ2v) is 9.91. The minimum absolute atomic E-state index is 0.153. The van der Waals surface area contributed by atoms with Gasteiger partial charge in [0.05, 0.1) is 10.3 Å². The van der Waals surface area contributed by atoms with Crippen molar-refractivity contribution in [2.45, 2.75) is 33.1 Å². The molecule has 1 atom stereocenters. The Kier molecular flexibility index (Phi) is 4.59. The van der Waals surface area contributed by atoms with E-state index in [-0.39, 0.29) is 5.91 Å². The summed E-state index contributed by atoms with van der Waals surface area (Å²) in [5.41, 5.74) is 1.48. The third-order valence-corrected chi connectivity index (χ3v) is 7.85. The highest BCUT2D eigenvalue weighted by molar-refractivity contribution is 7.19. The van der Waals surface area contributed by atoms with Crippen LogP contribution in [0.2, 0.25) is 0 Å². The molecule has 7 heteroatoms. The minimum Gasteiger partial charge on any atom is -0.352 e. The lowest BCUT2D eigenvalue weighted by Gasteiger charge is -2.35. The number of amides is 1. The molecule has 0 bridgehead atoms. The molecule has 5 nitrogen and oxygen atoms in total. The molecule has 4 heterocycles. The van der Waals surface area contributed by atoms with E-state index >= 15 is 0 Å². The first-order valence-electron chi connectivity index (χ1n) is 9.97. The fraction of sp³-hybridized carbons (Fsp3) is 0.476. The van der Waals surface area contributed by atoms with E-state index in [4.69, 9.17) is 9.97 Å². The molecule has 3 aromatic heterocycles. The van der Waals surface area contributed by atoms with Crippen LogP contribution in [0.4, 0.5) is 5.82 Å². The summed E-state index contributed by atoms with van der Waals surface area (Å²) in [5, 5.41) is 3.24. The second kappa shape index (κ2) is 7.12. The Morgan fingerprint density at radius 3 is 2.79 bits per heavy atom. The summed E-state index contributed by atoms with van der Waals surface area (Å²) in [6, 6.07) is 3.85. The molecule has 0 unspecified atom stereocenters. The van der Waals surface area contributed by atoms with Gasteiger partial charge in [0.25, 0.3) is 5.91 Å². The van der Waals surface area contributed by atoms with E-state index in [0.29, 0.717) is 0 Å². The first-order valence-corrected chi connectivity index (χ1v) is 11.7. The number of anilines is 1. The molecule has 0 aromatic carbocycles. The molecule has 1 aliphatic heterocycles. The van der Waals surface area contributed by atoms with Crippen molar-refractivity contribution in [2.24, 2.45) is 5.92 Å². The van der Waals surface area contributed by atoms with Crippen LogP contribution in [-0.2, 0) is 12.8 Å². The average molecular weight is 413 g/mol. The summed E-state index contributed by atoms with van der Waals surface area (Å²) in [4.78, 5) is 30.1. The van der Waals surface area contributed by atoms with Gasteiger partial charge >= 0.3 is 0 Å². The number of fused-ring (bicyclic) bond motifs is 3. The van der Waals surface area contributed by atoms with Crippen LogP contribution in [0, 0.1) is 12.8 Å². The number of piperazine rings is 1. The maximum atomic E-state index is 12.6. The summed E-state index contributed by atoms with van der Waals surface area (Å²) in [5.74, 6) is 2.83. The highest BCUT2D eigenvalue weighted by Crippen LogP contribution is 2.41. The minimum atomic E-state index is 0.153. The highest BCUT2D eigenvalue weighted by atomic mass is 32.1. The molecule has 1 saturated heterocycles. The number of hydrogen-bond acceptors (Lipinski definition) is 6. The predicted octanol–water partition coefficient (Wildman–Crippen LogP) is 4.15. The van der Waals surface area contributed by atoms with Gasteiger partial charge in [0.15, 0.2) is 0 Å². The maximum Gasteiger partial charge on any atom is 0.264 e. The molecular weight excluding hydrogens is 388 g/mol. The van der Waals surface area contributed by atoms with Gasteiger partial charge in [-0.3, -0.25) is 4.79 Å². The zero-order chi connectivity index (χ0) is 19.3. The van der Waals surface area contributed by atoms with Crippen molar-refractivity contribution in [3.05, 3.63) is 38.7 Å². The fourth-order valence-electron chi connectivity index (χ4n) is 4.33. The number of hydrogen-bond donors (Lipinski definition) is 0. The predicted molar refractivity (Wildman–Crippen MR) is 116 cm³/mol. The first kappa shape index (κ1) is 18.1. The molecule has 28 heavy (non-hydrogen) atoms. The van der Waals surface area contributed by atoms with Crippen molar-refractivity contribution in [2.75, 3.05) is 31.1 Å². The summed E-state index contributed by atoms with van der Waals surface area (Å²) >= 11 is 3.38. The number of thiophene rings is 2. The van der Waals surface area contributed by atoms with Gasteiger partial charge in [0, 0.05) is 31.1 Å². The molecule has 1 fully saturated rings. The van der Waals surface area contributed by atoms with E-state index in [1.54, 1.807) is 0 Å². The van der Waals surface area contributed by atoms with Crippen LogP contribution >= 0.6 is 22.7 Å². The van der Waals surface area contributed by atoms with Gasteiger partial charge in [-0.05, 0) is 49.1 Å². The van der Waals surface area contributed by atoms with Crippen molar-refractivity contribution in [3.8, 4) is 0 Å². The number of rotatable bonds is 2. The monoisotopic (exact) mass is 412 g/mol. The molecule has 1 aliphatic carbocycles. The molecule has 5 rings (SSSR count). The maximum absolute atomic E-state index is 12.6. The number of aromatic nitrogens is 2. The van der Waals surface area contributed by atoms with Gasteiger partial charge in [-0.25, -0.2) is 9.97 Å². The number of aryl methyl sites for hydroxylation is 2. The van der Waals surface area contributed by atoms with Crippen molar-refractivity contribution in [1.29, 1.82) is 0 Å². The van der Waals surface area contributed by atoms with Crippen molar-refractivity contribution in [3.63, 3.8) is 0 Å². The summed E-state index contributed by atoms with van der Waals surface area (Å²) in [7, 11) is 0. The van der Waals surface area contributed by atoms with E-state index in [2.05, 4.69) is 11.8 Å². The third-order valence-electron chi connectivity index (χ3n) is 5.85. The summed E-state index contributed by atoms with van der Waals surface area (Å²) < 4.78 is 0. The Labute approximate surface area is 173 Å². The Bertz CT molecular complexity index is 1020. The molecule has 2 aliphatic rings. The lowest BCUT2D eigenvalue weighted by molar-refractivity contribution is 0.0751. The molecule has 1 amide bonds. The Morgan fingerprint density at radius 1 is 1.21 bits per heavy atom. The van der Waals surface area contributed by atoms with E-state index in [0.717, 1.165) is 66.3 Å². The zero-order valence-electron chi connectivity index (χ0n) is 16.3. The average Bonchev–Trinajstić information content (AvgIpc) is 3.34. The largest absolute Gasteiger partial charge is 0.352 e. The molecule has 3 aromatic rings. The van der Waals surface area contributed by atoms with Crippen LogP contribution in [-0.4, -0.2) is 47.0 Å². The van der Waals surface area contributed by atoms with Gasteiger partial charge in [0.2, 0.25) is 0 Å². The quantitative estimate of drug-likeness (QED) is 0.634. The fourth-order valence-corrected chi connectivity index (χ4v) is 6.45. The third kappa shape index (κ3) is 3.10. The smallest absolute Gasteiger partial charge is 0.264 e. The van der Waals surface area contributed by atoms with E-state index in [9.17, 15) is 4.79 Å². The highest BCUT2D eigenvalue weighted by Gasteiger charge is 2.28. The molecule has 0 N–H and O–H groups in total. The second-order valence-electron chi connectivity index (χ2n) is 7.88. The van der Waals surface area contributed by atoms with Crippen molar-refractivity contribution < 1.29 is 4.79 Å². The van der Waals surface area contributed by atoms with Crippen LogP contribution in [0.15, 0.2) is 17.5 Å². The van der Waals surface area contributed by atoms with Crippen LogP contribution in [0.1, 0.15) is 39.3 Å². The Hall–Kier alpha value is -1.99.